The number of nitrogens with one attached hydrogen (secondary N) is 2. The van der Waals surface area contributed by atoms with Crippen LogP contribution in [0.1, 0.15) is 34.3 Å². The van der Waals surface area contributed by atoms with Crippen LogP contribution in [0.25, 0.3) is 11.3 Å². The quantitative estimate of drug-likeness (QED) is 0.532. The summed E-state index contributed by atoms with van der Waals surface area (Å²) < 4.78 is 20.0. The van der Waals surface area contributed by atoms with Crippen molar-refractivity contribution in [1.29, 1.82) is 0 Å². The number of fused-ring (bicyclic) bond motifs is 1. The molecule has 2 aromatic carbocycles. The summed E-state index contributed by atoms with van der Waals surface area (Å²) in [5.41, 5.74) is 2.68. The van der Waals surface area contributed by atoms with E-state index in [9.17, 15) is 23.6 Å². The lowest BCUT2D eigenvalue weighted by Crippen LogP contribution is -2.52. The number of imide groups is 1. The van der Waals surface area contributed by atoms with E-state index in [-0.39, 0.29) is 42.7 Å². The number of benzene rings is 2. The summed E-state index contributed by atoms with van der Waals surface area (Å²) in [4.78, 5) is 54.3. The SMILES string of the molecule is O=C1CCC(N2Cc3c(F)cc(COC(=O)Nc4ccc(-c5ccccc5)nc4)cc3C2=O)C(=O)N1. The van der Waals surface area contributed by atoms with Crippen LogP contribution in [0, 0.1) is 5.82 Å². The zero-order chi connectivity index (χ0) is 25.2. The highest BCUT2D eigenvalue weighted by Gasteiger charge is 2.40. The van der Waals surface area contributed by atoms with E-state index in [0.717, 1.165) is 11.3 Å². The average Bonchev–Trinajstić information content (AvgIpc) is 3.20. The lowest BCUT2D eigenvalue weighted by atomic mass is 10.0. The van der Waals surface area contributed by atoms with Gasteiger partial charge in [-0.1, -0.05) is 30.3 Å². The minimum Gasteiger partial charge on any atom is -0.444 e. The Hall–Kier alpha value is -4.60. The van der Waals surface area contributed by atoms with Crippen molar-refractivity contribution in [3.63, 3.8) is 0 Å². The minimum absolute atomic E-state index is 0.0696. The monoisotopic (exact) mass is 488 g/mol. The van der Waals surface area contributed by atoms with Crippen molar-refractivity contribution in [2.24, 2.45) is 0 Å². The second kappa shape index (κ2) is 9.57. The summed E-state index contributed by atoms with van der Waals surface area (Å²) in [5.74, 6) is -2.10. The van der Waals surface area contributed by atoms with Crippen LogP contribution in [0.2, 0.25) is 0 Å². The number of nitrogens with zero attached hydrogens (tertiary/aromatic N) is 2. The first-order chi connectivity index (χ1) is 17.4. The third-order valence-electron chi connectivity index (χ3n) is 6.11. The van der Waals surface area contributed by atoms with Crippen LogP contribution in [0.3, 0.4) is 0 Å². The molecule has 2 N–H and O–H groups in total. The molecule has 1 saturated heterocycles. The molecule has 0 spiro atoms. The maximum atomic E-state index is 14.8. The number of carbonyl (C=O) groups is 4. The molecule has 3 aromatic rings. The lowest BCUT2D eigenvalue weighted by molar-refractivity contribution is -0.136. The third kappa shape index (κ3) is 4.65. The Morgan fingerprint density at radius 1 is 1.14 bits per heavy atom. The number of halogens is 1. The molecule has 0 saturated carbocycles. The molecule has 0 radical (unpaired) electrons. The van der Waals surface area contributed by atoms with Gasteiger partial charge < -0.3 is 9.64 Å². The fraction of sp³-hybridized carbons (Fsp3) is 0.192. The van der Waals surface area contributed by atoms with Crippen LogP contribution in [0.4, 0.5) is 14.9 Å². The summed E-state index contributed by atoms with van der Waals surface area (Å²) in [6.07, 6.45) is 1.03. The smallest absolute Gasteiger partial charge is 0.412 e. The molecular weight excluding hydrogens is 467 g/mol. The highest BCUT2D eigenvalue weighted by atomic mass is 19.1. The van der Waals surface area contributed by atoms with Gasteiger partial charge in [-0.05, 0) is 36.2 Å². The Balaban J connectivity index is 1.21. The van der Waals surface area contributed by atoms with E-state index in [1.807, 2.05) is 30.3 Å². The van der Waals surface area contributed by atoms with Crippen molar-refractivity contribution in [2.75, 3.05) is 5.32 Å². The maximum Gasteiger partial charge on any atom is 0.412 e. The Morgan fingerprint density at radius 2 is 1.94 bits per heavy atom. The molecule has 1 aromatic heterocycles. The number of rotatable bonds is 5. The molecule has 5 rings (SSSR count). The number of anilines is 1. The molecule has 10 heteroatoms. The van der Waals surface area contributed by atoms with E-state index in [1.54, 1.807) is 12.1 Å². The molecule has 1 unspecified atom stereocenters. The van der Waals surface area contributed by atoms with Crippen LogP contribution in [-0.2, 0) is 27.5 Å². The topological polar surface area (TPSA) is 118 Å². The first kappa shape index (κ1) is 23.2. The standard InChI is InChI=1S/C26H21FN4O5/c27-20-11-15(10-18-19(20)13-31(25(18)34)22-8-9-23(32)30-24(22)33)14-36-26(35)29-17-6-7-21(28-12-17)16-4-2-1-3-5-16/h1-7,10-12,22H,8-9,13-14H2,(H,29,35)(H,30,32,33). The first-order valence-corrected chi connectivity index (χ1v) is 11.3. The van der Waals surface area contributed by atoms with E-state index in [2.05, 4.69) is 15.6 Å². The van der Waals surface area contributed by atoms with Gasteiger partial charge in [0.15, 0.2) is 0 Å². The van der Waals surface area contributed by atoms with Gasteiger partial charge in [0.25, 0.3) is 5.91 Å². The van der Waals surface area contributed by atoms with Gasteiger partial charge in [0.05, 0.1) is 24.1 Å². The van der Waals surface area contributed by atoms with Crippen LogP contribution in [-0.4, -0.2) is 39.7 Å². The molecule has 0 bridgehead atoms. The average molecular weight is 488 g/mol. The molecule has 182 valence electrons. The number of ether oxygens (including phenoxy) is 1. The number of pyridine rings is 1. The zero-order valence-electron chi connectivity index (χ0n) is 19.0. The molecule has 2 aliphatic rings. The Kier molecular flexibility index (Phi) is 6.16. The van der Waals surface area contributed by atoms with Crippen molar-refractivity contribution in [1.82, 2.24) is 15.2 Å². The number of amides is 4. The van der Waals surface area contributed by atoms with Crippen molar-refractivity contribution >= 4 is 29.5 Å². The third-order valence-corrected chi connectivity index (χ3v) is 6.11. The van der Waals surface area contributed by atoms with Crippen LogP contribution in [0.5, 0.6) is 0 Å². The number of carbonyl (C=O) groups excluding carboxylic acids is 4. The van der Waals surface area contributed by atoms with E-state index >= 15 is 0 Å². The molecular formula is C26H21FN4O5. The normalized spacial score (nSPS) is 17.0. The fourth-order valence-corrected chi connectivity index (χ4v) is 4.31. The van der Waals surface area contributed by atoms with Crippen molar-refractivity contribution in [3.8, 4) is 11.3 Å². The van der Waals surface area contributed by atoms with Crippen LogP contribution in [0.15, 0.2) is 60.8 Å². The number of hydrogen-bond acceptors (Lipinski definition) is 6. The van der Waals surface area contributed by atoms with Gasteiger partial charge in [0, 0.05) is 23.1 Å². The molecule has 0 aliphatic carbocycles. The fourth-order valence-electron chi connectivity index (χ4n) is 4.31. The predicted molar refractivity (Wildman–Crippen MR) is 126 cm³/mol. The summed E-state index contributed by atoms with van der Waals surface area (Å²) in [6, 6.07) is 14.8. The largest absolute Gasteiger partial charge is 0.444 e. The molecule has 36 heavy (non-hydrogen) atoms. The number of aromatic nitrogens is 1. The Morgan fingerprint density at radius 3 is 2.67 bits per heavy atom. The second-order valence-corrected chi connectivity index (χ2v) is 8.50. The molecule has 2 aliphatic heterocycles. The molecule has 3 heterocycles. The molecule has 4 amide bonds. The van der Waals surface area contributed by atoms with Crippen LogP contribution >= 0.6 is 0 Å². The van der Waals surface area contributed by atoms with Crippen LogP contribution < -0.4 is 10.6 Å². The first-order valence-electron chi connectivity index (χ1n) is 11.3. The summed E-state index contributed by atoms with van der Waals surface area (Å²) >= 11 is 0. The Bertz CT molecular complexity index is 1360. The van der Waals surface area contributed by atoms with E-state index in [1.165, 1.54) is 23.2 Å². The van der Waals surface area contributed by atoms with Crippen molar-refractivity contribution < 1.29 is 28.3 Å². The number of piperidine rings is 1. The van der Waals surface area contributed by atoms with Gasteiger partial charge in [-0.25, -0.2) is 9.18 Å². The summed E-state index contributed by atoms with van der Waals surface area (Å²) in [7, 11) is 0. The van der Waals surface area contributed by atoms with Gasteiger partial charge in [-0.3, -0.25) is 30.0 Å². The van der Waals surface area contributed by atoms with Gasteiger partial charge in [0.2, 0.25) is 11.8 Å². The molecule has 1 fully saturated rings. The van der Waals surface area contributed by atoms with E-state index < -0.39 is 35.7 Å². The molecule has 1 atom stereocenters. The van der Waals surface area contributed by atoms with E-state index in [0.29, 0.717) is 5.69 Å². The summed E-state index contributed by atoms with van der Waals surface area (Å²) in [6.45, 7) is -0.336. The van der Waals surface area contributed by atoms with Gasteiger partial charge in [-0.2, -0.15) is 0 Å². The van der Waals surface area contributed by atoms with E-state index in [4.69, 9.17) is 4.74 Å². The summed E-state index contributed by atoms with van der Waals surface area (Å²) in [5, 5.41) is 4.77. The van der Waals surface area contributed by atoms with Gasteiger partial charge >= 0.3 is 6.09 Å². The highest BCUT2D eigenvalue weighted by Crippen LogP contribution is 2.30. The Labute approximate surface area is 205 Å². The van der Waals surface area contributed by atoms with Crippen molar-refractivity contribution in [2.45, 2.75) is 32.0 Å². The van der Waals surface area contributed by atoms with Crippen molar-refractivity contribution in [3.05, 3.63) is 83.3 Å². The maximum absolute atomic E-state index is 14.8. The number of hydrogen-bond donors (Lipinski definition) is 2. The zero-order valence-corrected chi connectivity index (χ0v) is 19.0. The second-order valence-electron chi connectivity index (χ2n) is 8.50. The predicted octanol–water partition coefficient (Wildman–Crippen LogP) is 3.40. The van der Waals surface area contributed by atoms with Gasteiger partial charge in [-0.15, -0.1) is 0 Å². The highest BCUT2D eigenvalue weighted by molar-refractivity contribution is 6.05. The molecule has 9 nitrogen and oxygen atoms in total. The lowest BCUT2D eigenvalue weighted by Gasteiger charge is -2.29. The van der Waals surface area contributed by atoms with Gasteiger partial charge in [0.1, 0.15) is 18.5 Å². The minimum atomic E-state index is -0.839.